The molecule has 0 aliphatic carbocycles. The van der Waals surface area contributed by atoms with E-state index in [1.165, 1.54) is 20.0 Å². The Kier molecular flexibility index (Phi) is 8.18. The SMILES string of the molecule is CC(=O)c1ncc(CC(=O)OC(C)(C)C)cc1C.CC(=O)c1ncc(N)cc1C. The van der Waals surface area contributed by atoms with Crippen molar-refractivity contribution in [2.45, 2.75) is 60.5 Å². The number of rotatable bonds is 4. The number of nitrogens with zero attached hydrogens (tertiary/aromatic N) is 2. The lowest BCUT2D eigenvalue weighted by atomic mass is 10.1. The molecule has 2 rings (SSSR count). The van der Waals surface area contributed by atoms with Crippen molar-refractivity contribution in [3.8, 4) is 0 Å². The molecule has 2 N–H and O–H groups in total. The molecule has 0 saturated heterocycles. The predicted octanol–water partition coefficient (Wildman–Crippen LogP) is 3.65. The van der Waals surface area contributed by atoms with Gasteiger partial charge in [-0.25, -0.2) is 0 Å². The summed E-state index contributed by atoms with van der Waals surface area (Å²) in [4.78, 5) is 41.7. The molecule has 2 aromatic rings. The Morgan fingerprint density at radius 2 is 1.41 bits per heavy atom. The van der Waals surface area contributed by atoms with Crippen LogP contribution in [-0.2, 0) is 16.0 Å². The van der Waals surface area contributed by atoms with E-state index in [1.54, 1.807) is 18.3 Å². The molecule has 156 valence electrons. The van der Waals surface area contributed by atoms with Crippen LogP contribution in [0.25, 0.3) is 0 Å². The van der Waals surface area contributed by atoms with Gasteiger partial charge in [0.1, 0.15) is 17.0 Å². The third-order valence-corrected chi connectivity index (χ3v) is 3.67. The third kappa shape index (κ3) is 8.21. The van der Waals surface area contributed by atoms with E-state index in [2.05, 4.69) is 9.97 Å². The highest BCUT2D eigenvalue weighted by Crippen LogP contribution is 2.13. The van der Waals surface area contributed by atoms with Crippen molar-refractivity contribution in [2.75, 3.05) is 5.73 Å². The molecule has 7 heteroatoms. The van der Waals surface area contributed by atoms with Gasteiger partial charge in [0.25, 0.3) is 0 Å². The van der Waals surface area contributed by atoms with Gasteiger partial charge in [-0.1, -0.05) is 6.07 Å². The molecule has 0 bridgehead atoms. The normalized spacial score (nSPS) is 10.6. The van der Waals surface area contributed by atoms with Crippen molar-refractivity contribution in [2.24, 2.45) is 0 Å². The Morgan fingerprint density at radius 1 is 0.931 bits per heavy atom. The number of hydrogen-bond donors (Lipinski definition) is 1. The van der Waals surface area contributed by atoms with Crippen LogP contribution in [0.1, 0.15) is 72.3 Å². The van der Waals surface area contributed by atoms with Gasteiger partial charge in [-0.3, -0.25) is 24.4 Å². The molecule has 2 heterocycles. The zero-order valence-corrected chi connectivity index (χ0v) is 18.1. The number of anilines is 1. The van der Waals surface area contributed by atoms with Crippen LogP contribution >= 0.6 is 0 Å². The number of carbonyl (C=O) groups is 3. The molecule has 7 nitrogen and oxygen atoms in total. The molecule has 0 saturated carbocycles. The molecule has 0 aliphatic heterocycles. The summed E-state index contributed by atoms with van der Waals surface area (Å²) in [5.74, 6) is -0.391. The second-order valence-corrected chi connectivity index (χ2v) is 7.82. The molecule has 0 amide bonds. The fourth-order valence-corrected chi connectivity index (χ4v) is 2.61. The number of Topliss-reactive ketones (excluding diaryl/α,β-unsaturated/α-hetero) is 2. The van der Waals surface area contributed by atoms with Gasteiger partial charge in [0.05, 0.1) is 18.3 Å². The van der Waals surface area contributed by atoms with Gasteiger partial charge in [0, 0.05) is 20.0 Å². The second kappa shape index (κ2) is 9.91. The molecule has 0 radical (unpaired) electrons. The topological polar surface area (TPSA) is 112 Å². The first-order valence-electron chi connectivity index (χ1n) is 9.21. The summed E-state index contributed by atoms with van der Waals surface area (Å²) in [5, 5.41) is 0. The summed E-state index contributed by atoms with van der Waals surface area (Å²) in [7, 11) is 0. The van der Waals surface area contributed by atoms with Gasteiger partial charge in [-0.15, -0.1) is 0 Å². The van der Waals surface area contributed by atoms with Crippen LogP contribution in [0.4, 0.5) is 5.69 Å². The number of ketones is 2. The van der Waals surface area contributed by atoms with E-state index in [1.807, 2.05) is 34.6 Å². The van der Waals surface area contributed by atoms with E-state index in [0.717, 1.165) is 16.7 Å². The Bertz CT molecular complexity index is 915. The Balaban J connectivity index is 0.000000326. The van der Waals surface area contributed by atoms with Crippen molar-refractivity contribution in [3.05, 3.63) is 52.6 Å². The van der Waals surface area contributed by atoms with E-state index in [9.17, 15) is 14.4 Å². The number of nitrogens with two attached hydrogens (primary N) is 1. The minimum atomic E-state index is -0.487. The zero-order chi connectivity index (χ0) is 22.4. The van der Waals surface area contributed by atoms with Crippen LogP contribution < -0.4 is 5.73 Å². The van der Waals surface area contributed by atoms with Crippen LogP contribution in [0, 0.1) is 13.8 Å². The first kappa shape index (κ1) is 23.9. The Labute approximate surface area is 171 Å². The smallest absolute Gasteiger partial charge is 0.310 e. The zero-order valence-electron chi connectivity index (χ0n) is 18.1. The number of esters is 1. The van der Waals surface area contributed by atoms with Gasteiger partial charge in [-0.05, 0) is 57.4 Å². The number of hydrogen-bond acceptors (Lipinski definition) is 7. The number of pyridine rings is 2. The number of aromatic nitrogens is 2. The number of nitrogen functional groups attached to an aromatic ring is 1. The lowest BCUT2D eigenvalue weighted by molar-refractivity contribution is -0.153. The molecule has 29 heavy (non-hydrogen) atoms. The van der Waals surface area contributed by atoms with Crippen LogP contribution in [0.2, 0.25) is 0 Å². The monoisotopic (exact) mass is 399 g/mol. The highest BCUT2D eigenvalue weighted by molar-refractivity contribution is 5.94. The first-order chi connectivity index (χ1) is 13.3. The summed E-state index contributed by atoms with van der Waals surface area (Å²) in [6.07, 6.45) is 3.21. The molecule has 0 aliphatic rings. The molecule has 2 aromatic heterocycles. The molecule has 0 fully saturated rings. The predicted molar refractivity (Wildman–Crippen MR) is 112 cm³/mol. The lowest BCUT2D eigenvalue weighted by Gasteiger charge is -2.19. The van der Waals surface area contributed by atoms with Gasteiger partial charge in [0.15, 0.2) is 11.6 Å². The number of aryl methyl sites for hydroxylation is 2. The number of carbonyl (C=O) groups excluding carboxylic acids is 3. The average Bonchev–Trinajstić information content (AvgIpc) is 2.52. The van der Waals surface area contributed by atoms with Gasteiger partial charge in [0.2, 0.25) is 0 Å². The van der Waals surface area contributed by atoms with Gasteiger partial charge >= 0.3 is 5.97 Å². The second-order valence-electron chi connectivity index (χ2n) is 7.82. The van der Waals surface area contributed by atoms with Gasteiger partial charge in [-0.2, -0.15) is 0 Å². The maximum atomic E-state index is 11.6. The summed E-state index contributed by atoms with van der Waals surface area (Å²) in [6, 6.07) is 3.54. The number of ether oxygens (including phenoxy) is 1. The van der Waals surface area contributed by atoms with E-state index in [0.29, 0.717) is 17.1 Å². The molecule has 0 spiro atoms. The molecule has 0 unspecified atom stereocenters. The van der Waals surface area contributed by atoms with Crippen LogP contribution in [0.3, 0.4) is 0 Å². The van der Waals surface area contributed by atoms with Gasteiger partial charge < -0.3 is 10.5 Å². The maximum Gasteiger partial charge on any atom is 0.310 e. The van der Waals surface area contributed by atoms with E-state index in [4.69, 9.17) is 10.5 Å². The summed E-state index contributed by atoms with van der Waals surface area (Å²) >= 11 is 0. The molecular weight excluding hydrogens is 370 g/mol. The van der Waals surface area contributed by atoms with Crippen molar-refractivity contribution in [3.63, 3.8) is 0 Å². The highest BCUT2D eigenvalue weighted by atomic mass is 16.6. The Morgan fingerprint density at radius 3 is 1.83 bits per heavy atom. The lowest BCUT2D eigenvalue weighted by Crippen LogP contribution is -2.25. The fraction of sp³-hybridized carbons (Fsp3) is 0.409. The molecule has 0 aromatic carbocycles. The summed E-state index contributed by atoms with van der Waals surface area (Å²) in [5.41, 5.74) is 8.87. The third-order valence-electron chi connectivity index (χ3n) is 3.67. The average molecular weight is 399 g/mol. The van der Waals surface area contributed by atoms with E-state index >= 15 is 0 Å². The summed E-state index contributed by atoms with van der Waals surface area (Å²) in [6.45, 7) is 12.1. The standard InChI is InChI=1S/C14H19NO3.C8H10N2O/c1-9-6-11(8-15-13(9)10(2)16)7-12(17)18-14(3,4)5;1-5-3-7(9)4-10-8(5)6(2)11/h6,8H,7H2,1-5H3;3-4H,9H2,1-2H3. The molecular formula is C22H29N3O4. The van der Waals surface area contributed by atoms with E-state index < -0.39 is 5.60 Å². The fourth-order valence-electron chi connectivity index (χ4n) is 2.61. The minimum Gasteiger partial charge on any atom is -0.460 e. The van der Waals surface area contributed by atoms with Crippen LogP contribution in [-0.4, -0.2) is 33.1 Å². The highest BCUT2D eigenvalue weighted by Gasteiger charge is 2.17. The van der Waals surface area contributed by atoms with E-state index in [-0.39, 0.29) is 24.0 Å². The first-order valence-corrected chi connectivity index (χ1v) is 9.21. The minimum absolute atomic E-state index is 0.0255. The molecule has 0 atom stereocenters. The Hall–Kier alpha value is -3.09. The van der Waals surface area contributed by atoms with Crippen molar-refractivity contribution >= 4 is 23.2 Å². The van der Waals surface area contributed by atoms with Crippen molar-refractivity contribution in [1.82, 2.24) is 9.97 Å². The van der Waals surface area contributed by atoms with Crippen LogP contribution in [0.5, 0.6) is 0 Å². The van der Waals surface area contributed by atoms with Crippen molar-refractivity contribution in [1.29, 1.82) is 0 Å². The maximum absolute atomic E-state index is 11.6. The quantitative estimate of drug-likeness (QED) is 0.617. The van der Waals surface area contributed by atoms with Crippen LogP contribution in [0.15, 0.2) is 24.5 Å². The van der Waals surface area contributed by atoms with Crippen molar-refractivity contribution < 1.29 is 19.1 Å². The summed E-state index contributed by atoms with van der Waals surface area (Å²) < 4.78 is 5.23. The largest absolute Gasteiger partial charge is 0.460 e.